The van der Waals surface area contributed by atoms with Gasteiger partial charge in [-0.3, -0.25) is 4.79 Å². The molecule has 0 saturated carbocycles. The van der Waals surface area contributed by atoms with E-state index in [-0.39, 0.29) is 24.3 Å². The summed E-state index contributed by atoms with van der Waals surface area (Å²) in [6.07, 6.45) is 2.04. The number of carbonyl (C=O) groups excluding carboxylic acids is 1. The van der Waals surface area contributed by atoms with Gasteiger partial charge >= 0.3 is 0 Å². The summed E-state index contributed by atoms with van der Waals surface area (Å²) in [4.78, 5) is 12.4. The van der Waals surface area contributed by atoms with Crippen LogP contribution in [0, 0.1) is 18.3 Å². The Morgan fingerprint density at radius 2 is 2.16 bits per heavy atom. The lowest BCUT2D eigenvalue weighted by atomic mass is 10.0. The molecule has 0 aliphatic carbocycles. The third-order valence-electron chi connectivity index (χ3n) is 3.82. The Morgan fingerprint density at radius 3 is 2.72 bits per heavy atom. The number of benzene rings is 1. The fourth-order valence-electron chi connectivity index (χ4n) is 2.29. The van der Waals surface area contributed by atoms with Gasteiger partial charge < -0.3 is 20.5 Å². The SMILES string of the molecule is CCOc1ccc(C)cc1C(C)NC(=O)/C(C#N)=C\NC(CC)CO. The van der Waals surface area contributed by atoms with Gasteiger partial charge in [0.2, 0.25) is 0 Å². The van der Waals surface area contributed by atoms with Crippen LogP contribution in [0.3, 0.4) is 0 Å². The minimum absolute atomic E-state index is 0.0376. The van der Waals surface area contributed by atoms with E-state index in [2.05, 4.69) is 10.6 Å². The zero-order valence-electron chi connectivity index (χ0n) is 15.3. The molecule has 6 heteroatoms. The van der Waals surface area contributed by atoms with Gasteiger partial charge in [0.25, 0.3) is 5.91 Å². The van der Waals surface area contributed by atoms with Crippen LogP contribution in [0.25, 0.3) is 0 Å². The van der Waals surface area contributed by atoms with E-state index in [0.29, 0.717) is 18.8 Å². The average molecular weight is 345 g/mol. The first kappa shape index (κ1) is 20.5. The van der Waals surface area contributed by atoms with Crippen molar-refractivity contribution in [3.63, 3.8) is 0 Å². The quantitative estimate of drug-likeness (QED) is 0.472. The second-order valence-corrected chi connectivity index (χ2v) is 5.79. The maximum Gasteiger partial charge on any atom is 0.263 e. The molecule has 3 N–H and O–H groups in total. The van der Waals surface area contributed by atoms with Gasteiger partial charge in [-0.2, -0.15) is 5.26 Å². The lowest BCUT2D eigenvalue weighted by Crippen LogP contribution is -2.31. The largest absolute Gasteiger partial charge is 0.494 e. The molecule has 0 spiro atoms. The normalized spacial score (nSPS) is 13.5. The topological polar surface area (TPSA) is 94.4 Å². The fraction of sp³-hybridized carbons (Fsp3) is 0.474. The van der Waals surface area contributed by atoms with Crippen molar-refractivity contribution < 1.29 is 14.6 Å². The number of aryl methyl sites for hydroxylation is 1. The molecule has 2 unspecified atom stereocenters. The van der Waals surface area contributed by atoms with Crippen molar-refractivity contribution in [1.82, 2.24) is 10.6 Å². The Labute approximate surface area is 149 Å². The van der Waals surface area contributed by atoms with Gasteiger partial charge in [0.05, 0.1) is 19.3 Å². The number of nitrogens with zero attached hydrogens (tertiary/aromatic N) is 1. The number of rotatable bonds is 9. The monoisotopic (exact) mass is 345 g/mol. The van der Waals surface area contributed by atoms with Gasteiger partial charge in [-0.05, 0) is 33.3 Å². The second kappa shape index (κ2) is 10.4. The maximum absolute atomic E-state index is 12.4. The number of hydrogen-bond acceptors (Lipinski definition) is 5. The van der Waals surface area contributed by atoms with Crippen molar-refractivity contribution in [2.45, 2.75) is 46.2 Å². The highest BCUT2D eigenvalue weighted by Crippen LogP contribution is 2.26. The highest BCUT2D eigenvalue weighted by molar-refractivity contribution is 5.97. The number of nitrogens with one attached hydrogen (secondary N) is 2. The Hall–Kier alpha value is -2.52. The van der Waals surface area contributed by atoms with Gasteiger partial charge in [0, 0.05) is 17.8 Å². The Balaban J connectivity index is 2.89. The smallest absolute Gasteiger partial charge is 0.263 e. The molecule has 2 atom stereocenters. The van der Waals surface area contributed by atoms with E-state index < -0.39 is 5.91 Å². The van der Waals surface area contributed by atoms with Crippen molar-refractivity contribution in [3.8, 4) is 11.8 Å². The molecule has 0 aromatic heterocycles. The van der Waals surface area contributed by atoms with Crippen molar-refractivity contribution in [2.75, 3.05) is 13.2 Å². The molecular weight excluding hydrogens is 318 g/mol. The first-order valence-electron chi connectivity index (χ1n) is 8.48. The lowest BCUT2D eigenvalue weighted by Gasteiger charge is -2.19. The summed E-state index contributed by atoms with van der Waals surface area (Å²) in [5, 5.41) is 24.1. The number of nitriles is 1. The molecule has 6 nitrogen and oxygen atoms in total. The average Bonchev–Trinajstić information content (AvgIpc) is 2.60. The number of carbonyl (C=O) groups is 1. The summed E-state index contributed by atoms with van der Waals surface area (Å²) >= 11 is 0. The Morgan fingerprint density at radius 1 is 1.44 bits per heavy atom. The predicted octanol–water partition coefficient (Wildman–Crippen LogP) is 2.34. The summed E-state index contributed by atoms with van der Waals surface area (Å²) in [6.45, 7) is 8.09. The van der Waals surface area contributed by atoms with E-state index in [9.17, 15) is 10.1 Å². The van der Waals surface area contributed by atoms with Crippen LogP contribution in [0.4, 0.5) is 0 Å². The second-order valence-electron chi connectivity index (χ2n) is 5.79. The van der Waals surface area contributed by atoms with E-state index in [1.807, 2.05) is 52.0 Å². The molecule has 1 amide bonds. The van der Waals surface area contributed by atoms with Crippen molar-refractivity contribution in [3.05, 3.63) is 41.1 Å². The molecule has 0 radical (unpaired) electrons. The zero-order valence-corrected chi connectivity index (χ0v) is 15.3. The van der Waals surface area contributed by atoms with Crippen LogP contribution in [0.5, 0.6) is 5.75 Å². The van der Waals surface area contributed by atoms with Gasteiger partial charge in [0.15, 0.2) is 0 Å². The van der Waals surface area contributed by atoms with Crippen LogP contribution in [0.2, 0.25) is 0 Å². The number of hydrogen-bond donors (Lipinski definition) is 3. The van der Waals surface area contributed by atoms with Gasteiger partial charge in [0.1, 0.15) is 17.4 Å². The van der Waals surface area contributed by atoms with E-state index in [1.165, 1.54) is 6.20 Å². The predicted molar refractivity (Wildman–Crippen MR) is 96.9 cm³/mol. The lowest BCUT2D eigenvalue weighted by molar-refractivity contribution is -0.117. The van der Waals surface area contributed by atoms with E-state index >= 15 is 0 Å². The Bertz CT molecular complexity index is 646. The molecule has 0 saturated heterocycles. The third-order valence-corrected chi connectivity index (χ3v) is 3.82. The molecule has 136 valence electrons. The zero-order chi connectivity index (χ0) is 18.8. The summed E-state index contributed by atoms with van der Waals surface area (Å²) in [7, 11) is 0. The molecule has 0 heterocycles. The number of amides is 1. The fourth-order valence-corrected chi connectivity index (χ4v) is 2.29. The van der Waals surface area contributed by atoms with Crippen LogP contribution >= 0.6 is 0 Å². The molecule has 0 aliphatic heterocycles. The Kier molecular flexibility index (Phi) is 8.51. The summed E-state index contributed by atoms with van der Waals surface area (Å²) < 4.78 is 5.62. The van der Waals surface area contributed by atoms with Crippen molar-refractivity contribution in [2.24, 2.45) is 0 Å². The van der Waals surface area contributed by atoms with Crippen molar-refractivity contribution >= 4 is 5.91 Å². The van der Waals surface area contributed by atoms with Gasteiger partial charge in [-0.25, -0.2) is 0 Å². The number of aliphatic hydroxyl groups is 1. The van der Waals surface area contributed by atoms with Crippen LogP contribution in [0.15, 0.2) is 30.0 Å². The summed E-state index contributed by atoms with van der Waals surface area (Å²) in [5.74, 6) is 0.243. The van der Waals surface area contributed by atoms with Gasteiger partial charge in [-0.15, -0.1) is 0 Å². The first-order valence-corrected chi connectivity index (χ1v) is 8.48. The molecular formula is C19H27N3O3. The summed E-state index contributed by atoms with van der Waals surface area (Å²) in [6, 6.07) is 7.18. The maximum atomic E-state index is 12.4. The number of ether oxygens (including phenoxy) is 1. The molecule has 25 heavy (non-hydrogen) atoms. The molecule has 0 bridgehead atoms. The van der Waals surface area contributed by atoms with Crippen LogP contribution in [-0.4, -0.2) is 30.3 Å². The van der Waals surface area contributed by atoms with E-state index in [4.69, 9.17) is 9.84 Å². The van der Waals surface area contributed by atoms with Crippen LogP contribution in [-0.2, 0) is 4.79 Å². The molecule has 1 aromatic carbocycles. The summed E-state index contributed by atoms with van der Waals surface area (Å²) in [5.41, 5.74) is 1.89. The molecule has 1 aromatic rings. The van der Waals surface area contributed by atoms with Crippen LogP contribution in [0.1, 0.15) is 44.4 Å². The third kappa shape index (κ3) is 6.12. The number of aliphatic hydroxyl groups excluding tert-OH is 1. The molecule has 1 rings (SSSR count). The standard InChI is InChI=1S/C19H27N3O3/c1-5-16(12-23)21-11-15(10-20)19(24)22-14(4)17-9-13(3)7-8-18(17)25-6-2/h7-9,11,14,16,21,23H,5-6,12H2,1-4H3,(H,22,24)/b15-11-. The highest BCUT2D eigenvalue weighted by Gasteiger charge is 2.17. The van der Waals surface area contributed by atoms with E-state index in [0.717, 1.165) is 11.1 Å². The van der Waals surface area contributed by atoms with Crippen molar-refractivity contribution in [1.29, 1.82) is 5.26 Å². The minimum Gasteiger partial charge on any atom is -0.494 e. The molecule has 0 fully saturated rings. The van der Waals surface area contributed by atoms with Crippen LogP contribution < -0.4 is 15.4 Å². The van der Waals surface area contributed by atoms with Gasteiger partial charge in [-0.1, -0.05) is 24.6 Å². The first-order chi connectivity index (χ1) is 12.0. The van der Waals surface area contributed by atoms with E-state index in [1.54, 1.807) is 0 Å². The minimum atomic E-state index is -0.473. The highest BCUT2D eigenvalue weighted by atomic mass is 16.5. The molecule has 0 aliphatic rings.